The SMILES string of the molecule is CSCCCCN1C(=O)CNC1c1ccc(C(C)C)cc1. The van der Waals surface area contributed by atoms with Crippen molar-refractivity contribution in [3.05, 3.63) is 35.4 Å². The lowest BCUT2D eigenvalue weighted by Crippen LogP contribution is -2.31. The summed E-state index contributed by atoms with van der Waals surface area (Å²) in [5, 5.41) is 3.33. The van der Waals surface area contributed by atoms with E-state index in [1.807, 2.05) is 16.7 Å². The van der Waals surface area contributed by atoms with Crippen molar-refractivity contribution in [3.63, 3.8) is 0 Å². The predicted octanol–water partition coefficient (Wildman–Crippen LogP) is 3.38. The first-order valence-electron chi connectivity index (χ1n) is 7.75. The second kappa shape index (κ2) is 7.85. The Hall–Kier alpha value is -1.00. The van der Waals surface area contributed by atoms with E-state index in [4.69, 9.17) is 0 Å². The van der Waals surface area contributed by atoms with Crippen LogP contribution in [0, 0.1) is 0 Å². The summed E-state index contributed by atoms with van der Waals surface area (Å²) in [7, 11) is 0. The monoisotopic (exact) mass is 306 g/mol. The van der Waals surface area contributed by atoms with Gasteiger partial charge in [0, 0.05) is 6.54 Å². The molecule has 4 heteroatoms. The molecule has 1 aliphatic rings. The van der Waals surface area contributed by atoms with Crippen LogP contribution < -0.4 is 5.32 Å². The van der Waals surface area contributed by atoms with Gasteiger partial charge in [-0.3, -0.25) is 10.1 Å². The Morgan fingerprint density at radius 1 is 1.29 bits per heavy atom. The van der Waals surface area contributed by atoms with E-state index < -0.39 is 0 Å². The first-order valence-corrected chi connectivity index (χ1v) is 9.14. The van der Waals surface area contributed by atoms with Gasteiger partial charge in [-0.05, 0) is 41.9 Å². The lowest BCUT2D eigenvalue weighted by molar-refractivity contribution is -0.128. The lowest BCUT2D eigenvalue weighted by atomic mass is 10.0. The smallest absolute Gasteiger partial charge is 0.238 e. The van der Waals surface area contributed by atoms with Gasteiger partial charge in [-0.15, -0.1) is 0 Å². The summed E-state index contributed by atoms with van der Waals surface area (Å²) in [5.41, 5.74) is 2.53. The molecule has 1 saturated heterocycles. The Balaban J connectivity index is 2.01. The fourth-order valence-electron chi connectivity index (χ4n) is 2.68. The average molecular weight is 306 g/mol. The van der Waals surface area contributed by atoms with E-state index in [1.165, 1.54) is 23.3 Å². The van der Waals surface area contributed by atoms with Crippen LogP contribution in [-0.4, -0.2) is 35.9 Å². The second-order valence-electron chi connectivity index (χ2n) is 5.89. The van der Waals surface area contributed by atoms with Gasteiger partial charge in [0.2, 0.25) is 5.91 Å². The molecule has 2 rings (SSSR count). The summed E-state index contributed by atoms with van der Waals surface area (Å²) in [6, 6.07) is 8.66. The average Bonchev–Trinajstić information content (AvgIpc) is 2.85. The van der Waals surface area contributed by atoms with Crippen LogP contribution in [0.4, 0.5) is 0 Å². The van der Waals surface area contributed by atoms with Crippen LogP contribution in [0.5, 0.6) is 0 Å². The molecule has 1 aromatic rings. The number of hydrogen-bond acceptors (Lipinski definition) is 3. The Kier molecular flexibility index (Phi) is 6.12. The minimum absolute atomic E-state index is 0.0491. The molecule has 0 aliphatic carbocycles. The predicted molar refractivity (Wildman–Crippen MR) is 90.6 cm³/mol. The summed E-state index contributed by atoms with van der Waals surface area (Å²) in [6.45, 7) is 5.71. The van der Waals surface area contributed by atoms with E-state index in [2.05, 4.69) is 49.7 Å². The van der Waals surface area contributed by atoms with Gasteiger partial charge in [-0.1, -0.05) is 38.1 Å². The maximum absolute atomic E-state index is 12.1. The van der Waals surface area contributed by atoms with Gasteiger partial charge in [-0.25, -0.2) is 0 Å². The van der Waals surface area contributed by atoms with E-state index in [0.29, 0.717) is 12.5 Å². The van der Waals surface area contributed by atoms with Crippen LogP contribution in [0.25, 0.3) is 0 Å². The van der Waals surface area contributed by atoms with Crippen molar-refractivity contribution in [2.75, 3.05) is 25.1 Å². The molecular weight excluding hydrogens is 280 g/mol. The third-order valence-corrected chi connectivity index (χ3v) is 4.69. The quantitative estimate of drug-likeness (QED) is 0.784. The summed E-state index contributed by atoms with van der Waals surface area (Å²) >= 11 is 1.87. The van der Waals surface area contributed by atoms with Crippen molar-refractivity contribution in [3.8, 4) is 0 Å². The van der Waals surface area contributed by atoms with Crippen molar-refractivity contribution in [2.24, 2.45) is 0 Å². The molecule has 1 unspecified atom stereocenters. The van der Waals surface area contributed by atoms with Crippen LogP contribution in [0.1, 0.15) is 49.9 Å². The van der Waals surface area contributed by atoms with Gasteiger partial charge < -0.3 is 4.90 Å². The molecule has 0 radical (unpaired) electrons. The number of unbranched alkanes of at least 4 members (excludes halogenated alkanes) is 1. The number of thioether (sulfide) groups is 1. The highest BCUT2D eigenvalue weighted by atomic mass is 32.2. The molecule has 0 aromatic heterocycles. The minimum Gasteiger partial charge on any atom is -0.322 e. The van der Waals surface area contributed by atoms with Crippen molar-refractivity contribution in [1.29, 1.82) is 0 Å². The number of carbonyl (C=O) groups excluding carboxylic acids is 1. The van der Waals surface area contributed by atoms with Gasteiger partial charge in [0.15, 0.2) is 0 Å². The third kappa shape index (κ3) is 4.24. The Bertz CT molecular complexity index is 458. The minimum atomic E-state index is 0.0491. The first-order chi connectivity index (χ1) is 10.1. The molecule has 0 saturated carbocycles. The first kappa shape index (κ1) is 16.4. The fraction of sp³-hybridized carbons (Fsp3) is 0.588. The number of nitrogens with one attached hydrogen (secondary N) is 1. The van der Waals surface area contributed by atoms with E-state index in [9.17, 15) is 4.79 Å². The van der Waals surface area contributed by atoms with Crippen LogP contribution >= 0.6 is 11.8 Å². The zero-order chi connectivity index (χ0) is 15.2. The molecule has 1 amide bonds. The van der Waals surface area contributed by atoms with Crippen molar-refractivity contribution >= 4 is 17.7 Å². The molecule has 1 atom stereocenters. The van der Waals surface area contributed by atoms with Crippen LogP contribution in [0.3, 0.4) is 0 Å². The molecule has 1 heterocycles. The number of nitrogens with zero attached hydrogens (tertiary/aromatic N) is 1. The number of rotatable bonds is 7. The van der Waals surface area contributed by atoms with E-state index >= 15 is 0 Å². The topological polar surface area (TPSA) is 32.3 Å². The molecule has 21 heavy (non-hydrogen) atoms. The largest absolute Gasteiger partial charge is 0.322 e. The highest BCUT2D eigenvalue weighted by Crippen LogP contribution is 2.25. The molecule has 1 aromatic carbocycles. The second-order valence-corrected chi connectivity index (χ2v) is 6.88. The van der Waals surface area contributed by atoms with Gasteiger partial charge in [0.1, 0.15) is 6.17 Å². The maximum atomic E-state index is 12.1. The molecule has 0 spiro atoms. The van der Waals surface area contributed by atoms with Crippen molar-refractivity contribution in [1.82, 2.24) is 10.2 Å². The highest BCUT2D eigenvalue weighted by molar-refractivity contribution is 7.98. The van der Waals surface area contributed by atoms with Gasteiger partial charge in [-0.2, -0.15) is 11.8 Å². The van der Waals surface area contributed by atoms with Crippen molar-refractivity contribution in [2.45, 2.75) is 38.8 Å². The lowest BCUT2D eigenvalue weighted by Gasteiger charge is -2.25. The maximum Gasteiger partial charge on any atom is 0.238 e. The van der Waals surface area contributed by atoms with Crippen molar-refractivity contribution < 1.29 is 4.79 Å². The van der Waals surface area contributed by atoms with Crippen LogP contribution in [0.2, 0.25) is 0 Å². The molecule has 116 valence electrons. The number of hydrogen-bond donors (Lipinski definition) is 1. The van der Waals surface area contributed by atoms with Crippen LogP contribution in [-0.2, 0) is 4.79 Å². The molecule has 1 fully saturated rings. The molecule has 1 N–H and O–H groups in total. The Morgan fingerprint density at radius 2 is 2.00 bits per heavy atom. The summed E-state index contributed by atoms with van der Waals surface area (Å²) in [5.74, 6) is 1.93. The standard InChI is InChI=1S/C17H26N2OS/c1-13(2)14-6-8-15(9-7-14)17-18-12-16(20)19(17)10-4-5-11-21-3/h6-9,13,17-18H,4-5,10-12H2,1-3H3. The summed E-state index contributed by atoms with van der Waals surface area (Å²) in [6.07, 6.45) is 4.42. The zero-order valence-electron chi connectivity index (χ0n) is 13.3. The molecule has 3 nitrogen and oxygen atoms in total. The van der Waals surface area contributed by atoms with E-state index in [1.54, 1.807) is 0 Å². The summed E-state index contributed by atoms with van der Waals surface area (Å²) in [4.78, 5) is 14.0. The number of benzene rings is 1. The van der Waals surface area contributed by atoms with E-state index in [0.717, 1.165) is 13.0 Å². The molecular formula is C17H26N2OS. The third-order valence-electron chi connectivity index (χ3n) is 4.00. The Morgan fingerprint density at radius 3 is 2.62 bits per heavy atom. The van der Waals surface area contributed by atoms with Gasteiger partial charge in [0.05, 0.1) is 6.54 Å². The number of amides is 1. The molecule has 0 bridgehead atoms. The zero-order valence-corrected chi connectivity index (χ0v) is 14.1. The fourth-order valence-corrected chi connectivity index (χ4v) is 3.18. The summed E-state index contributed by atoms with van der Waals surface area (Å²) < 4.78 is 0. The van der Waals surface area contributed by atoms with Gasteiger partial charge in [0.25, 0.3) is 0 Å². The van der Waals surface area contributed by atoms with E-state index in [-0.39, 0.29) is 12.1 Å². The van der Waals surface area contributed by atoms with Crippen LogP contribution in [0.15, 0.2) is 24.3 Å². The number of carbonyl (C=O) groups is 1. The normalized spacial score (nSPS) is 18.8. The van der Waals surface area contributed by atoms with Gasteiger partial charge >= 0.3 is 0 Å². The molecule has 1 aliphatic heterocycles. The Labute approximate surface area is 132 Å². The highest BCUT2D eigenvalue weighted by Gasteiger charge is 2.30.